The summed E-state index contributed by atoms with van der Waals surface area (Å²) >= 11 is 3.48. The molecule has 3 atom stereocenters. The van der Waals surface area contributed by atoms with Crippen LogP contribution in [-0.4, -0.2) is 24.1 Å². The zero-order chi connectivity index (χ0) is 11.8. The molecule has 2 fully saturated rings. The standard InChI is InChI=1S/C13H18BrN3/c14-10-4-11(6-16-5-10)17-7-9-2-1-3-13(15)12(9)8-17/h4-6,9,12-13H,1-3,7-8,15H2. The van der Waals surface area contributed by atoms with Crippen molar-refractivity contribution in [2.24, 2.45) is 17.6 Å². The summed E-state index contributed by atoms with van der Waals surface area (Å²) in [5.41, 5.74) is 7.46. The zero-order valence-corrected chi connectivity index (χ0v) is 11.4. The van der Waals surface area contributed by atoms with Crippen LogP contribution in [0.4, 0.5) is 5.69 Å². The highest BCUT2D eigenvalue weighted by atomic mass is 79.9. The van der Waals surface area contributed by atoms with Gasteiger partial charge in [0, 0.05) is 29.8 Å². The van der Waals surface area contributed by atoms with E-state index in [2.05, 4.69) is 31.9 Å². The Balaban J connectivity index is 1.79. The van der Waals surface area contributed by atoms with Crippen molar-refractivity contribution in [1.82, 2.24) is 4.98 Å². The summed E-state index contributed by atoms with van der Waals surface area (Å²) in [6.45, 7) is 2.25. The molecule has 1 aromatic heterocycles. The average Bonchev–Trinajstić information content (AvgIpc) is 2.74. The van der Waals surface area contributed by atoms with Crippen LogP contribution in [0.2, 0.25) is 0 Å². The summed E-state index contributed by atoms with van der Waals surface area (Å²) in [6, 6.07) is 2.55. The molecule has 2 aliphatic rings. The van der Waals surface area contributed by atoms with Gasteiger partial charge in [-0.15, -0.1) is 0 Å². The molecule has 1 aromatic rings. The first-order chi connectivity index (χ1) is 8.24. The molecule has 0 spiro atoms. The number of aromatic nitrogens is 1. The predicted octanol–water partition coefficient (Wildman–Crippen LogP) is 2.41. The number of nitrogens with two attached hydrogens (primary N) is 1. The van der Waals surface area contributed by atoms with Crippen LogP contribution in [0.3, 0.4) is 0 Å². The van der Waals surface area contributed by atoms with Gasteiger partial charge in [-0.1, -0.05) is 6.42 Å². The summed E-state index contributed by atoms with van der Waals surface area (Å²) in [6.07, 6.45) is 7.63. The average molecular weight is 296 g/mol. The number of hydrogen-bond acceptors (Lipinski definition) is 3. The topological polar surface area (TPSA) is 42.1 Å². The van der Waals surface area contributed by atoms with Crippen molar-refractivity contribution in [3.05, 3.63) is 22.9 Å². The van der Waals surface area contributed by atoms with Crippen molar-refractivity contribution in [1.29, 1.82) is 0 Å². The lowest BCUT2D eigenvalue weighted by Crippen LogP contribution is -2.38. The van der Waals surface area contributed by atoms with E-state index in [0.29, 0.717) is 12.0 Å². The molecule has 92 valence electrons. The van der Waals surface area contributed by atoms with Crippen LogP contribution in [-0.2, 0) is 0 Å². The van der Waals surface area contributed by atoms with Crippen LogP contribution in [0, 0.1) is 11.8 Å². The molecule has 0 aromatic carbocycles. The van der Waals surface area contributed by atoms with Gasteiger partial charge in [0.1, 0.15) is 0 Å². The van der Waals surface area contributed by atoms with Crippen molar-refractivity contribution in [3.63, 3.8) is 0 Å². The molecule has 3 unspecified atom stereocenters. The van der Waals surface area contributed by atoms with E-state index >= 15 is 0 Å². The second kappa shape index (κ2) is 4.58. The Morgan fingerprint density at radius 3 is 2.94 bits per heavy atom. The van der Waals surface area contributed by atoms with Crippen LogP contribution < -0.4 is 10.6 Å². The number of pyridine rings is 1. The minimum absolute atomic E-state index is 0.402. The lowest BCUT2D eigenvalue weighted by atomic mass is 9.78. The van der Waals surface area contributed by atoms with Gasteiger partial charge in [0.05, 0.1) is 11.9 Å². The maximum absolute atomic E-state index is 6.24. The van der Waals surface area contributed by atoms with Gasteiger partial charge >= 0.3 is 0 Å². The van der Waals surface area contributed by atoms with Crippen LogP contribution in [0.5, 0.6) is 0 Å². The molecule has 0 bridgehead atoms. The minimum atomic E-state index is 0.402. The van der Waals surface area contributed by atoms with Crippen molar-refractivity contribution >= 4 is 21.6 Å². The largest absolute Gasteiger partial charge is 0.370 e. The first kappa shape index (κ1) is 11.5. The van der Waals surface area contributed by atoms with Gasteiger partial charge in [-0.05, 0) is 46.7 Å². The van der Waals surface area contributed by atoms with E-state index in [0.717, 1.165) is 23.5 Å². The SMILES string of the molecule is NC1CCCC2CN(c3cncc(Br)c3)CC12. The summed E-state index contributed by atoms with van der Waals surface area (Å²) in [7, 11) is 0. The second-order valence-electron chi connectivity index (χ2n) is 5.29. The first-order valence-corrected chi connectivity index (χ1v) is 7.14. The lowest BCUT2D eigenvalue weighted by Gasteiger charge is -2.29. The van der Waals surface area contributed by atoms with Crippen LogP contribution >= 0.6 is 15.9 Å². The van der Waals surface area contributed by atoms with Gasteiger partial charge < -0.3 is 10.6 Å². The van der Waals surface area contributed by atoms with Crippen molar-refractivity contribution in [2.45, 2.75) is 25.3 Å². The minimum Gasteiger partial charge on any atom is -0.370 e. The Kier molecular flexibility index (Phi) is 3.09. The predicted molar refractivity (Wildman–Crippen MR) is 73.0 cm³/mol. The van der Waals surface area contributed by atoms with Gasteiger partial charge in [-0.3, -0.25) is 4.98 Å². The fourth-order valence-corrected chi connectivity index (χ4v) is 3.65. The van der Waals surface area contributed by atoms with Crippen molar-refractivity contribution in [3.8, 4) is 0 Å². The van der Waals surface area contributed by atoms with Gasteiger partial charge in [0.25, 0.3) is 0 Å². The number of hydrogen-bond donors (Lipinski definition) is 1. The third-order valence-corrected chi connectivity index (χ3v) is 4.64. The fraction of sp³-hybridized carbons (Fsp3) is 0.615. The number of halogens is 1. The molecule has 1 aliphatic heterocycles. The highest BCUT2D eigenvalue weighted by molar-refractivity contribution is 9.10. The Hall–Kier alpha value is -0.610. The number of nitrogens with zero attached hydrogens (tertiary/aromatic N) is 2. The number of anilines is 1. The molecular formula is C13H18BrN3. The van der Waals surface area contributed by atoms with Gasteiger partial charge in [-0.25, -0.2) is 0 Å². The summed E-state index contributed by atoms with van der Waals surface area (Å²) in [5, 5.41) is 0. The second-order valence-corrected chi connectivity index (χ2v) is 6.20. The smallest absolute Gasteiger partial charge is 0.0564 e. The molecule has 3 rings (SSSR count). The van der Waals surface area contributed by atoms with E-state index in [1.165, 1.54) is 24.9 Å². The number of rotatable bonds is 1. The molecule has 1 saturated carbocycles. The van der Waals surface area contributed by atoms with Crippen molar-refractivity contribution < 1.29 is 0 Å². The van der Waals surface area contributed by atoms with Gasteiger partial charge in [0.2, 0.25) is 0 Å². The summed E-state index contributed by atoms with van der Waals surface area (Å²) < 4.78 is 1.05. The van der Waals surface area contributed by atoms with E-state index in [9.17, 15) is 0 Å². The van der Waals surface area contributed by atoms with E-state index in [-0.39, 0.29) is 0 Å². The quantitative estimate of drug-likeness (QED) is 0.865. The molecule has 3 nitrogen and oxygen atoms in total. The monoisotopic (exact) mass is 295 g/mol. The first-order valence-electron chi connectivity index (χ1n) is 6.35. The molecule has 0 amide bonds. The Morgan fingerprint density at radius 2 is 2.18 bits per heavy atom. The highest BCUT2D eigenvalue weighted by Crippen LogP contribution is 2.37. The highest BCUT2D eigenvalue weighted by Gasteiger charge is 2.38. The normalized spacial score (nSPS) is 32.6. The Bertz CT molecular complexity index is 409. The third kappa shape index (κ3) is 2.20. The van der Waals surface area contributed by atoms with Gasteiger partial charge in [0.15, 0.2) is 0 Å². The van der Waals surface area contributed by atoms with Crippen LogP contribution in [0.15, 0.2) is 22.9 Å². The molecule has 2 heterocycles. The van der Waals surface area contributed by atoms with E-state index in [1.807, 2.05) is 12.4 Å². The third-order valence-electron chi connectivity index (χ3n) is 4.21. The molecule has 1 aliphatic carbocycles. The molecule has 4 heteroatoms. The fourth-order valence-electron chi connectivity index (χ4n) is 3.30. The van der Waals surface area contributed by atoms with E-state index < -0.39 is 0 Å². The summed E-state index contributed by atoms with van der Waals surface area (Å²) in [5.74, 6) is 1.47. The van der Waals surface area contributed by atoms with Crippen molar-refractivity contribution in [2.75, 3.05) is 18.0 Å². The number of fused-ring (bicyclic) bond motifs is 1. The molecule has 0 radical (unpaired) electrons. The van der Waals surface area contributed by atoms with Gasteiger partial charge in [-0.2, -0.15) is 0 Å². The lowest BCUT2D eigenvalue weighted by molar-refractivity contribution is 0.260. The maximum atomic E-state index is 6.24. The molecular weight excluding hydrogens is 278 g/mol. The molecule has 2 N–H and O–H groups in total. The van der Waals surface area contributed by atoms with Crippen LogP contribution in [0.1, 0.15) is 19.3 Å². The Labute approximate surface area is 111 Å². The maximum Gasteiger partial charge on any atom is 0.0564 e. The van der Waals surface area contributed by atoms with E-state index in [1.54, 1.807) is 0 Å². The van der Waals surface area contributed by atoms with E-state index in [4.69, 9.17) is 5.73 Å². The molecule has 1 saturated heterocycles. The summed E-state index contributed by atoms with van der Waals surface area (Å²) in [4.78, 5) is 6.69. The Morgan fingerprint density at radius 1 is 1.29 bits per heavy atom. The zero-order valence-electron chi connectivity index (χ0n) is 9.85. The molecule has 17 heavy (non-hydrogen) atoms. The van der Waals surface area contributed by atoms with Crippen LogP contribution in [0.25, 0.3) is 0 Å².